The molecule has 0 aromatic heterocycles. The van der Waals surface area contributed by atoms with Gasteiger partial charge in [-0.05, 0) is 30.5 Å². The zero-order valence-electron chi connectivity index (χ0n) is 18.9. The van der Waals surface area contributed by atoms with Crippen LogP contribution in [0.15, 0.2) is 41.3 Å². The Balaban J connectivity index is 1.75. The Kier molecular flexibility index (Phi) is 7.93. The Morgan fingerprint density at radius 3 is 2.12 bits per heavy atom. The lowest BCUT2D eigenvalue weighted by molar-refractivity contribution is -0.115. The van der Waals surface area contributed by atoms with Gasteiger partial charge in [-0.15, -0.1) is 0 Å². The summed E-state index contributed by atoms with van der Waals surface area (Å²) in [6, 6.07) is 9.18. The average molecular weight is 477 g/mol. The number of piperidine rings is 1. The van der Waals surface area contributed by atoms with Crippen LogP contribution in [0.2, 0.25) is 0 Å². The number of hydrogen-bond donors (Lipinski definition) is 1. The molecule has 1 fully saturated rings. The topological polar surface area (TPSA) is 111 Å². The molecule has 1 aliphatic rings. The van der Waals surface area contributed by atoms with Gasteiger partial charge in [-0.1, -0.05) is 18.6 Å². The number of nitrogens with one attached hydrogen (secondary N) is 1. The normalized spacial score (nSPS) is 14.4. The summed E-state index contributed by atoms with van der Waals surface area (Å²) in [5, 5.41) is 2.70. The molecule has 178 valence electrons. The largest absolute Gasteiger partial charge is 0.493 e. The summed E-state index contributed by atoms with van der Waals surface area (Å²) in [6.07, 6.45) is 2.75. The van der Waals surface area contributed by atoms with Gasteiger partial charge in [-0.25, -0.2) is 13.2 Å². The molecule has 1 amide bonds. The standard InChI is InChI=1S/C23H28N2O7S/c1-30-20-14-18(23(27)32-3)19(15-21(20)31-2)24-22(26)13-16-7-9-17(10-8-16)33(28,29)25-11-5-4-6-12-25/h7-10,14-15H,4-6,11-13H2,1-3H3,(H,24,26). The predicted molar refractivity (Wildman–Crippen MR) is 122 cm³/mol. The molecule has 0 spiro atoms. The molecule has 0 bridgehead atoms. The predicted octanol–water partition coefficient (Wildman–Crippen LogP) is 2.85. The number of hydrogen-bond acceptors (Lipinski definition) is 7. The van der Waals surface area contributed by atoms with Gasteiger partial charge in [0.1, 0.15) is 0 Å². The third-order valence-corrected chi connectivity index (χ3v) is 7.36. The molecule has 9 nitrogen and oxygen atoms in total. The smallest absolute Gasteiger partial charge is 0.340 e. The van der Waals surface area contributed by atoms with Crippen molar-refractivity contribution in [3.05, 3.63) is 47.5 Å². The second-order valence-corrected chi connectivity index (χ2v) is 9.52. The minimum Gasteiger partial charge on any atom is -0.493 e. The summed E-state index contributed by atoms with van der Waals surface area (Å²) >= 11 is 0. The summed E-state index contributed by atoms with van der Waals surface area (Å²) in [7, 11) is 0.590. The number of benzene rings is 2. The van der Waals surface area contributed by atoms with E-state index in [1.807, 2.05) is 0 Å². The zero-order chi connectivity index (χ0) is 24.0. The van der Waals surface area contributed by atoms with Crippen molar-refractivity contribution in [1.82, 2.24) is 4.31 Å². The highest BCUT2D eigenvalue weighted by molar-refractivity contribution is 7.89. The van der Waals surface area contributed by atoms with E-state index in [4.69, 9.17) is 14.2 Å². The second-order valence-electron chi connectivity index (χ2n) is 7.58. The van der Waals surface area contributed by atoms with Crippen LogP contribution in [0.25, 0.3) is 0 Å². The van der Waals surface area contributed by atoms with Crippen LogP contribution < -0.4 is 14.8 Å². The highest BCUT2D eigenvalue weighted by atomic mass is 32.2. The van der Waals surface area contributed by atoms with Gasteiger partial charge < -0.3 is 19.5 Å². The first kappa shape index (κ1) is 24.5. The molecule has 0 radical (unpaired) electrons. The third kappa shape index (κ3) is 5.63. The highest BCUT2D eigenvalue weighted by Crippen LogP contribution is 2.34. The molecule has 2 aromatic carbocycles. The van der Waals surface area contributed by atoms with Crippen molar-refractivity contribution in [3.63, 3.8) is 0 Å². The van der Waals surface area contributed by atoms with Gasteiger partial charge in [0.2, 0.25) is 15.9 Å². The van der Waals surface area contributed by atoms with Gasteiger partial charge in [0.25, 0.3) is 0 Å². The molecular formula is C23H28N2O7S. The Hall–Kier alpha value is -3.11. The minimum absolute atomic E-state index is 0.0149. The molecule has 10 heteroatoms. The minimum atomic E-state index is -3.53. The van der Waals surface area contributed by atoms with E-state index in [1.165, 1.54) is 49.9 Å². The second kappa shape index (κ2) is 10.7. The van der Waals surface area contributed by atoms with E-state index in [9.17, 15) is 18.0 Å². The fourth-order valence-corrected chi connectivity index (χ4v) is 5.19. The summed E-state index contributed by atoms with van der Waals surface area (Å²) in [4.78, 5) is 25.0. The first-order chi connectivity index (χ1) is 15.8. The molecule has 1 heterocycles. The van der Waals surface area contributed by atoms with Crippen molar-refractivity contribution < 1.29 is 32.2 Å². The maximum atomic E-state index is 12.8. The van der Waals surface area contributed by atoms with Crippen LogP contribution in [-0.4, -0.2) is 59.0 Å². The SMILES string of the molecule is COC(=O)c1cc(OC)c(OC)cc1NC(=O)Cc1ccc(S(=O)(=O)N2CCCCC2)cc1. The lowest BCUT2D eigenvalue weighted by Crippen LogP contribution is -2.35. The molecule has 1 saturated heterocycles. The fourth-order valence-electron chi connectivity index (χ4n) is 3.67. The van der Waals surface area contributed by atoms with E-state index in [1.54, 1.807) is 12.1 Å². The number of esters is 1. The average Bonchev–Trinajstić information content (AvgIpc) is 2.84. The van der Waals surface area contributed by atoms with E-state index in [0.29, 0.717) is 30.2 Å². The van der Waals surface area contributed by atoms with Gasteiger partial charge >= 0.3 is 5.97 Å². The number of methoxy groups -OCH3 is 3. The summed E-state index contributed by atoms with van der Waals surface area (Å²) in [6.45, 7) is 1.06. The van der Waals surface area contributed by atoms with Crippen LogP contribution in [-0.2, 0) is 26.0 Å². The maximum absolute atomic E-state index is 12.8. The van der Waals surface area contributed by atoms with Gasteiger partial charge in [-0.3, -0.25) is 4.79 Å². The van der Waals surface area contributed by atoms with Gasteiger partial charge in [0.15, 0.2) is 11.5 Å². The highest BCUT2D eigenvalue weighted by Gasteiger charge is 2.26. The third-order valence-electron chi connectivity index (χ3n) is 5.44. The molecule has 0 aliphatic carbocycles. The molecule has 1 N–H and O–H groups in total. The Morgan fingerprint density at radius 2 is 1.55 bits per heavy atom. The van der Waals surface area contributed by atoms with Crippen molar-refractivity contribution in [2.75, 3.05) is 39.7 Å². The Morgan fingerprint density at radius 1 is 0.939 bits per heavy atom. The molecule has 0 atom stereocenters. The number of carbonyl (C=O) groups excluding carboxylic acids is 2. The first-order valence-corrected chi connectivity index (χ1v) is 12.0. The van der Waals surface area contributed by atoms with Crippen LogP contribution in [0.4, 0.5) is 5.69 Å². The van der Waals surface area contributed by atoms with Crippen molar-refractivity contribution in [2.24, 2.45) is 0 Å². The summed E-state index contributed by atoms with van der Waals surface area (Å²) in [5.74, 6) is -0.369. The quantitative estimate of drug-likeness (QED) is 0.583. The summed E-state index contributed by atoms with van der Waals surface area (Å²) in [5.41, 5.74) is 0.963. The molecule has 0 unspecified atom stereocenters. The molecule has 1 aliphatic heterocycles. The van der Waals surface area contributed by atoms with Crippen LogP contribution in [0.5, 0.6) is 11.5 Å². The van der Waals surface area contributed by atoms with E-state index in [-0.39, 0.29) is 28.5 Å². The van der Waals surface area contributed by atoms with E-state index >= 15 is 0 Å². The van der Waals surface area contributed by atoms with Crippen molar-refractivity contribution in [1.29, 1.82) is 0 Å². The molecular weight excluding hydrogens is 448 g/mol. The van der Waals surface area contributed by atoms with Crippen LogP contribution in [0.1, 0.15) is 35.2 Å². The molecule has 3 rings (SSSR count). The van der Waals surface area contributed by atoms with Gasteiger partial charge in [-0.2, -0.15) is 4.31 Å². The number of amides is 1. The number of sulfonamides is 1. The van der Waals surface area contributed by atoms with Crippen molar-refractivity contribution in [3.8, 4) is 11.5 Å². The van der Waals surface area contributed by atoms with Crippen LogP contribution in [0, 0.1) is 0 Å². The van der Waals surface area contributed by atoms with E-state index < -0.39 is 16.0 Å². The van der Waals surface area contributed by atoms with Gasteiger partial charge in [0.05, 0.1) is 43.9 Å². The fraction of sp³-hybridized carbons (Fsp3) is 0.391. The number of nitrogens with zero attached hydrogens (tertiary/aromatic N) is 1. The number of ether oxygens (including phenoxy) is 3. The van der Waals surface area contributed by atoms with E-state index in [0.717, 1.165) is 19.3 Å². The lowest BCUT2D eigenvalue weighted by Gasteiger charge is -2.25. The van der Waals surface area contributed by atoms with Crippen molar-refractivity contribution >= 4 is 27.6 Å². The molecule has 33 heavy (non-hydrogen) atoms. The lowest BCUT2D eigenvalue weighted by atomic mass is 10.1. The van der Waals surface area contributed by atoms with Crippen LogP contribution >= 0.6 is 0 Å². The maximum Gasteiger partial charge on any atom is 0.340 e. The van der Waals surface area contributed by atoms with Crippen molar-refractivity contribution in [2.45, 2.75) is 30.6 Å². The zero-order valence-corrected chi connectivity index (χ0v) is 19.7. The number of rotatable bonds is 8. The monoisotopic (exact) mass is 476 g/mol. The number of carbonyl (C=O) groups is 2. The molecule has 0 saturated carbocycles. The Labute approximate surface area is 193 Å². The summed E-state index contributed by atoms with van der Waals surface area (Å²) < 4.78 is 42.3. The molecule has 2 aromatic rings. The van der Waals surface area contributed by atoms with E-state index in [2.05, 4.69) is 5.32 Å². The Bertz CT molecular complexity index is 1110. The first-order valence-electron chi connectivity index (χ1n) is 10.5. The van der Waals surface area contributed by atoms with Crippen LogP contribution in [0.3, 0.4) is 0 Å². The van der Waals surface area contributed by atoms with Gasteiger partial charge in [0, 0.05) is 25.2 Å². The number of anilines is 1.